The van der Waals surface area contributed by atoms with Crippen molar-refractivity contribution < 1.29 is 0 Å². The van der Waals surface area contributed by atoms with Gasteiger partial charge in [-0.15, -0.1) is 11.3 Å². The van der Waals surface area contributed by atoms with Crippen molar-refractivity contribution in [1.29, 1.82) is 0 Å². The zero-order chi connectivity index (χ0) is 14.9. The Kier molecular flexibility index (Phi) is 7.03. The summed E-state index contributed by atoms with van der Waals surface area (Å²) in [5.74, 6) is 1.54. The summed E-state index contributed by atoms with van der Waals surface area (Å²) in [4.78, 5) is 8.22. The topological polar surface area (TPSA) is 39.7 Å². The Labute approximate surface area is 132 Å². The van der Waals surface area contributed by atoms with Gasteiger partial charge in [-0.05, 0) is 43.3 Å². The second-order valence-corrected chi connectivity index (χ2v) is 6.88. The second-order valence-electron chi connectivity index (χ2n) is 5.85. The van der Waals surface area contributed by atoms with Gasteiger partial charge in [0.15, 0.2) is 5.96 Å². The first-order chi connectivity index (χ1) is 10.3. The number of likely N-dealkylation sites (tertiary alicyclic amines) is 1. The number of hydrogen-bond acceptors (Lipinski definition) is 3. The largest absolute Gasteiger partial charge is 0.356 e. The van der Waals surface area contributed by atoms with Crippen LogP contribution in [0.4, 0.5) is 0 Å². The maximum Gasteiger partial charge on any atom is 0.191 e. The van der Waals surface area contributed by atoms with Gasteiger partial charge in [-0.1, -0.05) is 19.4 Å². The highest BCUT2D eigenvalue weighted by molar-refractivity contribution is 7.09. The normalized spacial score (nSPS) is 18.5. The standard InChI is InChI=1S/C16H28N4S/c1-14(13-20-8-4-3-5-9-20)11-18-16(17-2)19-12-15-7-6-10-21-15/h6-7,10,14H,3-5,8-9,11-13H2,1-2H3,(H2,17,18,19). The molecule has 4 nitrogen and oxygen atoms in total. The van der Waals surface area contributed by atoms with Crippen LogP contribution >= 0.6 is 11.3 Å². The molecule has 118 valence electrons. The van der Waals surface area contributed by atoms with Crippen LogP contribution in [0.1, 0.15) is 31.1 Å². The predicted octanol–water partition coefficient (Wildman–Crippen LogP) is 2.54. The van der Waals surface area contributed by atoms with Gasteiger partial charge in [-0.2, -0.15) is 0 Å². The molecule has 21 heavy (non-hydrogen) atoms. The van der Waals surface area contributed by atoms with Crippen molar-refractivity contribution in [3.05, 3.63) is 22.4 Å². The average Bonchev–Trinajstić information content (AvgIpc) is 3.02. The molecular formula is C16H28N4S. The van der Waals surface area contributed by atoms with Gasteiger partial charge in [0.05, 0.1) is 6.54 Å². The molecule has 0 saturated carbocycles. The molecule has 1 aliphatic rings. The van der Waals surface area contributed by atoms with Crippen molar-refractivity contribution in [2.75, 3.05) is 33.2 Å². The fourth-order valence-electron chi connectivity index (χ4n) is 2.72. The van der Waals surface area contributed by atoms with Crippen molar-refractivity contribution >= 4 is 17.3 Å². The van der Waals surface area contributed by atoms with Crippen LogP contribution in [0.15, 0.2) is 22.5 Å². The number of guanidine groups is 1. The Morgan fingerprint density at radius 1 is 1.33 bits per heavy atom. The molecular weight excluding hydrogens is 280 g/mol. The van der Waals surface area contributed by atoms with E-state index in [-0.39, 0.29) is 0 Å². The lowest BCUT2D eigenvalue weighted by atomic mass is 10.1. The van der Waals surface area contributed by atoms with Crippen molar-refractivity contribution in [3.63, 3.8) is 0 Å². The van der Waals surface area contributed by atoms with E-state index < -0.39 is 0 Å². The number of rotatable bonds is 6. The highest BCUT2D eigenvalue weighted by atomic mass is 32.1. The van der Waals surface area contributed by atoms with Gasteiger partial charge in [-0.25, -0.2) is 0 Å². The number of aliphatic imine (C=N–C) groups is 1. The molecule has 2 rings (SSSR count). The summed E-state index contributed by atoms with van der Waals surface area (Å²) in [6.07, 6.45) is 4.14. The van der Waals surface area contributed by atoms with Crippen LogP contribution in [0, 0.1) is 5.92 Å². The van der Waals surface area contributed by atoms with Gasteiger partial charge < -0.3 is 15.5 Å². The molecule has 0 radical (unpaired) electrons. The van der Waals surface area contributed by atoms with E-state index in [1.54, 1.807) is 11.3 Å². The lowest BCUT2D eigenvalue weighted by Gasteiger charge is -2.29. The molecule has 2 N–H and O–H groups in total. The predicted molar refractivity (Wildman–Crippen MR) is 92.0 cm³/mol. The molecule has 1 saturated heterocycles. The molecule has 0 aromatic carbocycles. The lowest BCUT2D eigenvalue weighted by Crippen LogP contribution is -2.42. The molecule has 0 bridgehead atoms. The third-order valence-electron chi connectivity index (χ3n) is 3.87. The van der Waals surface area contributed by atoms with E-state index >= 15 is 0 Å². The van der Waals surface area contributed by atoms with Gasteiger partial charge in [0.25, 0.3) is 0 Å². The monoisotopic (exact) mass is 308 g/mol. The SMILES string of the molecule is CN=C(NCc1cccs1)NCC(C)CN1CCCCC1. The average molecular weight is 308 g/mol. The molecule has 0 spiro atoms. The van der Waals surface area contributed by atoms with Crippen LogP contribution in [-0.4, -0.2) is 44.1 Å². The zero-order valence-electron chi connectivity index (χ0n) is 13.3. The highest BCUT2D eigenvalue weighted by Crippen LogP contribution is 2.10. The minimum Gasteiger partial charge on any atom is -0.356 e. The highest BCUT2D eigenvalue weighted by Gasteiger charge is 2.13. The number of hydrogen-bond donors (Lipinski definition) is 2. The van der Waals surface area contributed by atoms with Crippen molar-refractivity contribution in [1.82, 2.24) is 15.5 Å². The molecule has 1 fully saturated rings. The van der Waals surface area contributed by atoms with Gasteiger partial charge >= 0.3 is 0 Å². The summed E-state index contributed by atoms with van der Waals surface area (Å²) in [7, 11) is 1.83. The molecule has 0 aliphatic carbocycles. The first kappa shape index (κ1) is 16.3. The van der Waals surface area contributed by atoms with Gasteiger partial charge in [0.2, 0.25) is 0 Å². The lowest BCUT2D eigenvalue weighted by molar-refractivity contribution is 0.201. The van der Waals surface area contributed by atoms with Crippen molar-refractivity contribution in [3.8, 4) is 0 Å². The summed E-state index contributed by atoms with van der Waals surface area (Å²) in [6.45, 7) is 7.87. The Morgan fingerprint density at radius 3 is 2.81 bits per heavy atom. The number of nitrogens with zero attached hydrogens (tertiary/aromatic N) is 2. The summed E-state index contributed by atoms with van der Waals surface area (Å²) in [5.41, 5.74) is 0. The van der Waals surface area contributed by atoms with E-state index in [2.05, 4.69) is 45.0 Å². The van der Waals surface area contributed by atoms with Crippen LogP contribution < -0.4 is 10.6 Å². The first-order valence-electron chi connectivity index (χ1n) is 7.97. The number of nitrogens with one attached hydrogen (secondary N) is 2. The first-order valence-corrected chi connectivity index (χ1v) is 8.85. The van der Waals surface area contributed by atoms with Crippen LogP contribution in [-0.2, 0) is 6.54 Å². The molecule has 1 atom stereocenters. The molecule has 2 heterocycles. The summed E-state index contributed by atoms with van der Waals surface area (Å²) < 4.78 is 0. The maximum atomic E-state index is 4.29. The van der Waals surface area contributed by atoms with E-state index in [4.69, 9.17) is 0 Å². The van der Waals surface area contributed by atoms with Gasteiger partial charge in [0.1, 0.15) is 0 Å². The Bertz CT molecular complexity index is 410. The van der Waals surface area contributed by atoms with Crippen LogP contribution in [0.25, 0.3) is 0 Å². The molecule has 1 aromatic rings. The van der Waals surface area contributed by atoms with Crippen molar-refractivity contribution in [2.24, 2.45) is 10.9 Å². The van der Waals surface area contributed by atoms with Crippen LogP contribution in [0.2, 0.25) is 0 Å². The van der Waals surface area contributed by atoms with E-state index in [0.717, 1.165) is 19.0 Å². The Morgan fingerprint density at radius 2 is 2.14 bits per heavy atom. The summed E-state index contributed by atoms with van der Waals surface area (Å²) >= 11 is 1.77. The Hall–Kier alpha value is -1.07. The summed E-state index contributed by atoms with van der Waals surface area (Å²) in [5, 5.41) is 8.91. The quantitative estimate of drug-likeness (QED) is 0.627. The Balaban J connectivity index is 1.64. The van der Waals surface area contributed by atoms with E-state index in [1.165, 1.54) is 43.8 Å². The van der Waals surface area contributed by atoms with Gasteiger partial charge in [0, 0.05) is 25.0 Å². The van der Waals surface area contributed by atoms with Crippen LogP contribution in [0.5, 0.6) is 0 Å². The molecule has 0 amide bonds. The third kappa shape index (κ3) is 6.06. The number of piperidine rings is 1. The van der Waals surface area contributed by atoms with Crippen LogP contribution in [0.3, 0.4) is 0 Å². The van der Waals surface area contributed by atoms with Crippen molar-refractivity contribution in [2.45, 2.75) is 32.7 Å². The molecule has 1 aliphatic heterocycles. The fourth-order valence-corrected chi connectivity index (χ4v) is 3.37. The van der Waals surface area contributed by atoms with E-state index in [0.29, 0.717) is 5.92 Å². The minimum absolute atomic E-state index is 0.642. The molecule has 1 aromatic heterocycles. The smallest absolute Gasteiger partial charge is 0.191 e. The summed E-state index contributed by atoms with van der Waals surface area (Å²) in [6, 6.07) is 4.22. The zero-order valence-corrected chi connectivity index (χ0v) is 14.1. The second kappa shape index (κ2) is 9.05. The van der Waals surface area contributed by atoms with Gasteiger partial charge in [-0.3, -0.25) is 4.99 Å². The third-order valence-corrected chi connectivity index (χ3v) is 4.75. The number of thiophene rings is 1. The van der Waals surface area contributed by atoms with E-state index in [1.807, 2.05) is 7.05 Å². The maximum absolute atomic E-state index is 4.29. The molecule has 5 heteroatoms. The minimum atomic E-state index is 0.642. The van der Waals surface area contributed by atoms with E-state index in [9.17, 15) is 0 Å². The fraction of sp³-hybridized carbons (Fsp3) is 0.688. The molecule has 1 unspecified atom stereocenters.